The van der Waals surface area contributed by atoms with E-state index in [-0.39, 0.29) is 5.84 Å². The molecule has 0 spiro atoms. The number of hydrogen-bond acceptors (Lipinski definition) is 2. The van der Waals surface area contributed by atoms with Gasteiger partial charge in [-0.05, 0) is 50.5 Å². The number of nitrogens with one attached hydrogen (secondary N) is 1. The minimum atomic E-state index is 0.137. The number of nitrogen functional groups attached to an aromatic ring is 1. The van der Waals surface area contributed by atoms with E-state index < -0.39 is 0 Å². The van der Waals surface area contributed by atoms with Crippen LogP contribution in [0, 0.1) is 12.3 Å². The summed E-state index contributed by atoms with van der Waals surface area (Å²) in [5.74, 6) is 0.137. The number of hydrogen-bond donors (Lipinski definition) is 2. The molecular weight excluding hydrogens is 234 g/mol. The highest BCUT2D eigenvalue weighted by atomic mass is 15.2. The van der Waals surface area contributed by atoms with Crippen LogP contribution in [0.15, 0.2) is 18.2 Å². The van der Waals surface area contributed by atoms with Gasteiger partial charge < -0.3 is 10.6 Å². The van der Waals surface area contributed by atoms with E-state index in [1.54, 1.807) is 0 Å². The maximum atomic E-state index is 7.51. The van der Waals surface area contributed by atoms with E-state index in [0.29, 0.717) is 6.04 Å². The zero-order valence-electron chi connectivity index (χ0n) is 12.7. The Morgan fingerprint density at radius 2 is 2.05 bits per heavy atom. The molecule has 0 aliphatic rings. The van der Waals surface area contributed by atoms with Gasteiger partial charge in [0.25, 0.3) is 0 Å². The average molecular weight is 261 g/mol. The summed E-state index contributed by atoms with van der Waals surface area (Å²) < 4.78 is 0. The summed E-state index contributed by atoms with van der Waals surface area (Å²) in [7, 11) is 0. The van der Waals surface area contributed by atoms with Crippen molar-refractivity contribution >= 4 is 11.5 Å². The molecule has 1 atom stereocenters. The van der Waals surface area contributed by atoms with E-state index in [0.717, 1.165) is 18.5 Å². The summed E-state index contributed by atoms with van der Waals surface area (Å²) >= 11 is 0. The molecule has 0 saturated carbocycles. The van der Waals surface area contributed by atoms with Crippen LogP contribution < -0.4 is 10.6 Å². The zero-order valence-corrected chi connectivity index (χ0v) is 12.7. The lowest BCUT2D eigenvalue weighted by Gasteiger charge is -2.32. The Morgan fingerprint density at radius 1 is 1.37 bits per heavy atom. The van der Waals surface area contributed by atoms with Gasteiger partial charge in [0.1, 0.15) is 5.84 Å². The van der Waals surface area contributed by atoms with Gasteiger partial charge in [-0.15, -0.1) is 0 Å². The van der Waals surface area contributed by atoms with E-state index in [4.69, 9.17) is 11.1 Å². The van der Waals surface area contributed by atoms with E-state index in [1.165, 1.54) is 24.1 Å². The monoisotopic (exact) mass is 261 g/mol. The van der Waals surface area contributed by atoms with Crippen LogP contribution in [0.3, 0.4) is 0 Å². The smallest absolute Gasteiger partial charge is 0.122 e. The van der Waals surface area contributed by atoms with Crippen LogP contribution in [-0.4, -0.2) is 18.4 Å². The molecule has 0 aromatic heterocycles. The molecule has 0 fully saturated rings. The minimum absolute atomic E-state index is 0.137. The van der Waals surface area contributed by atoms with Crippen molar-refractivity contribution in [3.05, 3.63) is 29.3 Å². The molecule has 1 unspecified atom stereocenters. The fourth-order valence-electron chi connectivity index (χ4n) is 2.27. The third-order valence-corrected chi connectivity index (χ3v) is 3.69. The van der Waals surface area contributed by atoms with Gasteiger partial charge in [0, 0.05) is 23.8 Å². The van der Waals surface area contributed by atoms with Crippen molar-refractivity contribution in [2.45, 2.75) is 53.0 Å². The Kier molecular flexibility index (Phi) is 5.87. The molecule has 0 aliphatic carbocycles. The molecule has 0 bridgehead atoms. The Labute approximate surface area is 117 Å². The van der Waals surface area contributed by atoms with Crippen LogP contribution in [-0.2, 0) is 0 Å². The third kappa shape index (κ3) is 3.98. The molecule has 3 heteroatoms. The number of benzene rings is 1. The molecular formula is C16H27N3. The van der Waals surface area contributed by atoms with Crippen LogP contribution >= 0.6 is 0 Å². The summed E-state index contributed by atoms with van der Waals surface area (Å²) in [6.07, 6.45) is 3.55. The van der Waals surface area contributed by atoms with Crippen molar-refractivity contribution in [1.82, 2.24) is 0 Å². The highest BCUT2D eigenvalue weighted by Gasteiger charge is 2.15. The van der Waals surface area contributed by atoms with Gasteiger partial charge in [-0.3, -0.25) is 5.41 Å². The highest BCUT2D eigenvalue weighted by molar-refractivity contribution is 5.95. The van der Waals surface area contributed by atoms with Gasteiger partial charge in [-0.1, -0.05) is 20.3 Å². The molecule has 1 aromatic rings. The summed E-state index contributed by atoms with van der Waals surface area (Å²) in [4.78, 5) is 2.47. The van der Waals surface area contributed by atoms with Gasteiger partial charge >= 0.3 is 0 Å². The standard InChI is InChI=1S/C16H27N3/c1-5-7-10-19(13(4)6-2)15-9-8-14(16(17)18)11-12(15)3/h8-9,11,13H,5-7,10H2,1-4H3,(H3,17,18). The van der Waals surface area contributed by atoms with Crippen LogP contribution in [0.1, 0.15) is 51.2 Å². The summed E-state index contributed by atoms with van der Waals surface area (Å²) in [6, 6.07) is 6.60. The summed E-state index contributed by atoms with van der Waals surface area (Å²) in [6.45, 7) is 9.91. The fourth-order valence-corrected chi connectivity index (χ4v) is 2.27. The van der Waals surface area contributed by atoms with Gasteiger partial charge in [0.15, 0.2) is 0 Å². The number of anilines is 1. The lowest BCUT2D eigenvalue weighted by atomic mass is 10.1. The Balaban J connectivity index is 3.04. The Morgan fingerprint density at radius 3 is 2.53 bits per heavy atom. The van der Waals surface area contributed by atoms with Crippen LogP contribution in [0.5, 0.6) is 0 Å². The minimum Gasteiger partial charge on any atom is -0.384 e. The molecule has 3 nitrogen and oxygen atoms in total. The first-order valence-corrected chi connectivity index (χ1v) is 7.22. The third-order valence-electron chi connectivity index (χ3n) is 3.69. The highest BCUT2D eigenvalue weighted by Crippen LogP contribution is 2.24. The molecule has 0 radical (unpaired) electrons. The molecule has 0 amide bonds. The lowest BCUT2D eigenvalue weighted by Crippen LogP contribution is -2.34. The second-order valence-corrected chi connectivity index (χ2v) is 5.22. The van der Waals surface area contributed by atoms with Crippen molar-refractivity contribution in [1.29, 1.82) is 5.41 Å². The first-order valence-electron chi connectivity index (χ1n) is 7.22. The SMILES string of the molecule is CCCCN(c1ccc(C(=N)N)cc1C)C(C)CC. The Hall–Kier alpha value is -1.51. The fraction of sp³-hybridized carbons (Fsp3) is 0.562. The Bertz CT molecular complexity index is 426. The van der Waals surface area contributed by atoms with Crippen LogP contribution in [0.4, 0.5) is 5.69 Å². The molecule has 106 valence electrons. The van der Waals surface area contributed by atoms with E-state index in [2.05, 4.69) is 38.7 Å². The van der Waals surface area contributed by atoms with E-state index >= 15 is 0 Å². The predicted octanol–water partition coefficient (Wildman–Crippen LogP) is 3.68. The first-order chi connectivity index (χ1) is 9.01. The van der Waals surface area contributed by atoms with E-state index in [9.17, 15) is 0 Å². The van der Waals surface area contributed by atoms with Crippen molar-refractivity contribution < 1.29 is 0 Å². The van der Waals surface area contributed by atoms with Crippen molar-refractivity contribution in [3.63, 3.8) is 0 Å². The zero-order chi connectivity index (χ0) is 14.4. The number of rotatable bonds is 7. The quantitative estimate of drug-likeness (QED) is 0.581. The molecule has 0 saturated heterocycles. The predicted molar refractivity (Wildman–Crippen MR) is 84.2 cm³/mol. The van der Waals surface area contributed by atoms with Crippen LogP contribution in [0.2, 0.25) is 0 Å². The largest absolute Gasteiger partial charge is 0.384 e. The molecule has 19 heavy (non-hydrogen) atoms. The number of nitrogens with two attached hydrogens (primary N) is 1. The number of nitrogens with zero attached hydrogens (tertiary/aromatic N) is 1. The number of unbranched alkanes of at least 4 members (excludes halogenated alkanes) is 1. The maximum absolute atomic E-state index is 7.51. The first kappa shape index (κ1) is 15.5. The van der Waals surface area contributed by atoms with Gasteiger partial charge in [-0.2, -0.15) is 0 Å². The van der Waals surface area contributed by atoms with Gasteiger partial charge in [0.05, 0.1) is 0 Å². The average Bonchev–Trinajstić information content (AvgIpc) is 2.39. The molecule has 0 aliphatic heterocycles. The molecule has 1 aromatic carbocycles. The van der Waals surface area contributed by atoms with Gasteiger partial charge in [0.2, 0.25) is 0 Å². The van der Waals surface area contributed by atoms with Gasteiger partial charge in [-0.25, -0.2) is 0 Å². The van der Waals surface area contributed by atoms with Crippen molar-refractivity contribution in [2.24, 2.45) is 5.73 Å². The normalized spacial score (nSPS) is 12.2. The van der Waals surface area contributed by atoms with E-state index in [1.807, 2.05) is 12.1 Å². The second-order valence-electron chi connectivity index (χ2n) is 5.22. The molecule has 3 N–H and O–H groups in total. The lowest BCUT2D eigenvalue weighted by molar-refractivity contribution is 0.594. The molecule has 0 heterocycles. The number of aryl methyl sites for hydroxylation is 1. The van der Waals surface area contributed by atoms with Crippen molar-refractivity contribution in [2.75, 3.05) is 11.4 Å². The molecule has 1 rings (SSSR count). The number of amidine groups is 1. The second kappa shape index (κ2) is 7.17. The maximum Gasteiger partial charge on any atom is 0.122 e. The summed E-state index contributed by atoms with van der Waals surface area (Å²) in [5, 5.41) is 7.51. The summed E-state index contributed by atoms with van der Waals surface area (Å²) in [5.41, 5.74) is 8.82. The topological polar surface area (TPSA) is 53.1 Å². The van der Waals surface area contributed by atoms with Crippen LogP contribution in [0.25, 0.3) is 0 Å². The van der Waals surface area contributed by atoms with Crippen molar-refractivity contribution in [3.8, 4) is 0 Å².